The van der Waals surface area contributed by atoms with Crippen molar-refractivity contribution in [2.45, 2.75) is 25.6 Å². The molecule has 0 N–H and O–H groups in total. The summed E-state index contributed by atoms with van der Waals surface area (Å²) in [6.07, 6.45) is 0. The third-order valence-electron chi connectivity index (χ3n) is 5.18. The Morgan fingerprint density at radius 1 is 1.19 bits per heavy atom. The summed E-state index contributed by atoms with van der Waals surface area (Å²) in [6, 6.07) is 7.63. The Bertz CT molecular complexity index is 1100. The lowest BCUT2D eigenvalue weighted by Gasteiger charge is -2.33. The number of methoxy groups -OCH3 is 2. The minimum absolute atomic E-state index is 0.00158. The van der Waals surface area contributed by atoms with Gasteiger partial charge in [-0.2, -0.15) is 4.99 Å². The number of nitrogens with zero attached hydrogens (tertiary/aromatic N) is 3. The number of aliphatic imine (C=N–C) groups is 2. The average Bonchev–Trinajstić information content (AvgIpc) is 3.09. The Labute approximate surface area is 189 Å². The molecular formula is C22H21ClFN3O3S. The highest BCUT2D eigenvalue weighted by atomic mass is 35.5. The fourth-order valence-electron chi connectivity index (χ4n) is 3.65. The van der Waals surface area contributed by atoms with Crippen LogP contribution in [0.1, 0.15) is 25.0 Å². The molecule has 0 spiro atoms. The molecule has 0 aliphatic carbocycles. The smallest absolute Gasteiger partial charge is 0.271 e. The van der Waals surface area contributed by atoms with Gasteiger partial charge in [0.1, 0.15) is 17.7 Å². The van der Waals surface area contributed by atoms with Gasteiger partial charge in [-0.1, -0.05) is 43.3 Å². The number of carbonyl (C=O) groups excluding carboxylic acids is 1. The number of halogens is 2. The van der Waals surface area contributed by atoms with Crippen molar-refractivity contribution >= 4 is 46.0 Å². The molecule has 0 aromatic heterocycles. The molecule has 2 aromatic carbocycles. The van der Waals surface area contributed by atoms with Crippen LogP contribution in [-0.4, -0.2) is 42.1 Å². The summed E-state index contributed by atoms with van der Waals surface area (Å²) in [5, 5.41) is 0.907. The number of rotatable bonds is 5. The summed E-state index contributed by atoms with van der Waals surface area (Å²) >= 11 is 7.51. The van der Waals surface area contributed by atoms with Crippen molar-refractivity contribution in [2.24, 2.45) is 15.9 Å². The highest BCUT2D eigenvalue weighted by molar-refractivity contribution is 8.13. The molecule has 162 valence electrons. The van der Waals surface area contributed by atoms with Gasteiger partial charge in [0, 0.05) is 28.0 Å². The van der Waals surface area contributed by atoms with Gasteiger partial charge in [-0.25, -0.2) is 9.38 Å². The molecule has 2 aliphatic heterocycles. The van der Waals surface area contributed by atoms with Crippen LogP contribution in [-0.2, 0) is 10.5 Å². The highest BCUT2D eigenvalue weighted by Crippen LogP contribution is 2.42. The van der Waals surface area contributed by atoms with E-state index in [1.165, 1.54) is 17.8 Å². The molecule has 2 aromatic rings. The third kappa shape index (κ3) is 3.78. The van der Waals surface area contributed by atoms with E-state index in [1.807, 2.05) is 18.7 Å². The first kappa shape index (κ1) is 21.6. The second kappa shape index (κ2) is 8.51. The van der Waals surface area contributed by atoms with Crippen molar-refractivity contribution in [1.82, 2.24) is 4.90 Å². The number of fused-ring (bicyclic) bond motifs is 3. The van der Waals surface area contributed by atoms with E-state index in [2.05, 4.69) is 4.99 Å². The standard InChI is InChI=1S/C22H21ClFN3O3S/c1-11(2)19-21(28)26-20-12-8-17(29-3)18(30-4)9-16(12)25-22(27(19)20)31-10-13-14(23)6-5-7-15(13)24/h5-9,11,19H,10H2,1-4H3. The quantitative estimate of drug-likeness (QED) is 0.623. The molecule has 0 fully saturated rings. The maximum absolute atomic E-state index is 14.3. The van der Waals surface area contributed by atoms with Gasteiger partial charge in [-0.05, 0) is 24.1 Å². The van der Waals surface area contributed by atoms with Crippen LogP contribution in [0.5, 0.6) is 11.5 Å². The van der Waals surface area contributed by atoms with Crippen molar-refractivity contribution in [2.75, 3.05) is 14.2 Å². The molecule has 6 nitrogen and oxygen atoms in total. The zero-order valence-corrected chi connectivity index (χ0v) is 19.1. The predicted molar refractivity (Wildman–Crippen MR) is 121 cm³/mol. The van der Waals surface area contributed by atoms with E-state index in [4.69, 9.17) is 26.1 Å². The Balaban J connectivity index is 1.80. The zero-order chi connectivity index (χ0) is 22.3. The number of ether oxygens (including phenoxy) is 2. The van der Waals surface area contributed by atoms with Crippen LogP contribution in [0, 0.1) is 11.7 Å². The average molecular weight is 462 g/mol. The second-order valence-corrected chi connectivity index (χ2v) is 8.79. The Kier molecular flexibility index (Phi) is 5.94. The summed E-state index contributed by atoms with van der Waals surface area (Å²) < 4.78 is 25.1. The number of hydrogen-bond donors (Lipinski definition) is 0. The van der Waals surface area contributed by atoms with Gasteiger partial charge < -0.3 is 9.47 Å². The molecular weight excluding hydrogens is 441 g/mol. The number of amides is 1. The van der Waals surface area contributed by atoms with Crippen LogP contribution in [0.3, 0.4) is 0 Å². The van der Waals surface area contributed by atoms with Gasteiger partial charge in [-0.15, -0.1) is 0 Å². The van der Waals surface area contributed by atoms with Crippen LogP contribution >= 0.6 is 23.4 Å². The van der Waals surface area contributed by atoms with Gasteiger partial charge in [0.2, 0.25) is 0 Å². The molecule has 1 amide bonds. The van der Waals surface area contributed by atoms with E-state index >= 15 is 0 Å². The van der Waals surface area contributed by atoms with E-state index in [1.54, 1.807) is 38.5 Å². The van der Waals surface area contributed by atoms with Gasteiger partial charge >= 0.3 is 0 Å². The fourth-order valence-corrected chi connectivity index (χ4v) is 5.03. The zero-order valence-electron chi connectivity index (χ0n) is 17.5. The molecule has 31 heavy (non-hydrogen) atoms. The molecule has 9 heteroatoms. The van der Waals surface area contributed by atoms with E-state index in [0.717, 1.165) is 0 Å². The summed E-state index contributed by atoms with van der Waals surface area (Å²) in [7, 11) is 3.09. The van der Waals surface area contributed by atoms with Gasteiger partial charge in [0.05, 0.1) is 19.9 Å². The largest absolute Gasteiger partial charge is 0.493 e. The normalized spacial score (nSPS) is 17.3. The van der Waals surface area contributed by atoms with Crippen LogP contribution in [0.15, 0.2) is 40.3 Å². The van der Waals surface area contributed by atoms with Crippen LogP contribution in [0.4, 0.5) is 10.1 Å². The van der Waals surface area contributed by atoms with E-state index in [-0.39, 0.29) is 23.4 Å². The summed E-state index contributed by atoms with van der Waals surface area (Å²) in [4.78, 5) is 23.7. The molecule has 0 bridgehead atoms. The first-order valence-electron chi connectivity index (χ1n) is 9.68. The van der Waals surface area contributed by atoms with Gasteiger partial charge in [0.25, 0.3) is 5.91 Å². The first-order chi connectivity index (χ1) is 14.8. The van der Waals surface area contributed by atoms with E-state index in [0.29, 0.717) is 44.3 Å². The minimum Gasteiger partial charge on any atom is -0.493 e. The molecule has 2 aliphatic rings. The number of benzene rings is 2. The summed E-state index contributed by atoms with van der Waals surface area (Å²) in [6.45, 7) is 3.92. The topological polar surface area (TPSA) is 63.5 Å². The molecule has 4 rings (SSSR count). The lowest BCUT2D eigenvalue weighted by atomic mass is 10.0. The first-order valence-corrected chi connectivity index (χ1v) is 11.0. The molecule has 0 saturated heterocycles. The summed E-state index contributed by atoms with van der Waals surface area (Å²) in [5.74, 6) is 1.20. The monoisotopic (exact) mass is 461 g/mol. The maximum atomic E-state index is 14.3. The lowest BCUT2D eigenvalue weighted by Crippen LogP contribution is -2.46. The molecule has 0 saturated carbocycles. The fraction of sp³-hybridized carbons (Fsp3) is 0.318. The Morgan fingerprint density at radius 3 is 2.55 bits per heavy atom. The lowest BCUT2D eigenvalue weighted by molar-refractivity contribution is -0.120. The molecule has 1 atom stereocenters. The van der Waals surface area contributed by atoms with Crippen molar-refractivity contribution < 1.29 is 18.7 Å². The SMILES string of the molecule is COc1cc2c(cc1OC)C1=NC(=O)C(C(C)C)N1C(SCc1c(F)cccc1Cl)=N2. The summed E-state index contributed by atoms with van der Waals surface area (Å²) in [5.41, 5.74) is 1.68. The van der Waals surface area contributed by atoms with Crippen molar-refractivity contribution in [3.63, 3.8) is 0 Å². The Morgan fingerprint density at radius 2 is 1.90 bits per heavy atom. The molecule has 2 heterocycles. The maximum Gasteiger partial charge on any atom is 0.271 e. The Hall–Kier alpha value is -2.58. The number of amidine groups is 2. The number of thioether (sulfide) groups is 1. The van der Waals surface area contributed by atoms with Crippen molar-refractivity contribution in [1.29, 1.82) is 0 Å². The van der Waals surface area contributed by atoms with Crippen LogP contribution < -0.4 is 9.47 Å². The van der Waals surface area contributed by atoms with Crippen LogP contribution in [0.25, 0.3) is 0 Å². The highest BCUT2D eigenvalue weighted by Gasteiger charge is 2.43. The van der Waals surface area contributed by atoms with E-state index < -0.39 is 6.04 Å². The van der Waals surface area contributed by atoms with Gasteiger partial charge in [-0.3, -0.25) is 9.69 Å². The molecule has 0 radical (unpaired) electrons. The van der Waals surface area contributed by atoms with Crippen molar-refractivity contribution in [3.05, 3.63) is 52.3 Å². The van der Waals surface area contributed by atoms with Gasteiger partial charge in [0.15, 0.2) is 16.7 Å². The van der Waals surface area contributed by atoms with Crippen LogP contribution in [0.2, 0.25) is 5.02 Å². The number of carbonyl (C=O) groups is 1. The van der Waals surface area contributed by atoms with Crippen molar-refractivity contribution in [3.8, 4) is 11.5 Å². The van der Waals surface area contributed by atoms with E-state index in [9.17, 15) is 9.18 Å². The third-order valence-corrected chi connectivity index (χ3v) is 6.51. The molecule has 1 unspecified atom stereocenters. The predicted octanol–water partition coefficient (Wildman–Crippen LogP) is 5.04. The second-order valence-electron chi connectivity index (χ2n) is 7.44. The number of hydrogen-bond acceptors (Lipinski definition) is 6. The minimum atomic E-state index is -0.487.